The van der Waals surface area contributed by atoms with Crippen LogP contribution in [0.4, 0.5) is 0 Å². The molecule has 7 heteroatoms. The van der Waals surface area contributed by atoms with Gasteiger partial charge in [-0.15, -0.1) is 0 Å². The number of aromatic nitrogens is 2. The van der Waals surface area contributed by atoms with Crippen LogP contribution in [0.5, 0.6) is 0 Å². The molecule has 0 spiro atoms. The molecule has 0 aromatic carbocycles. The molecule has 0 unspecified atom stereocenters. The van der Waals surface area contributed by atoms with Gasteiger partial charge in [0.2, 0.25) is 0 Å². The second-order valence-electron chi connectivity index (χ2n) is 5.13. The second-order valence-corrected chi connectivity index (χ2v) is 5.13. The molecule has 0 bridgehead atoms. The van der Waals surface area contributed by atoms with E-state index in [1.54, 1.807) is 22.6 Å². The van der Waals surface area contributed by atoms with Gasteiger partial charge in [-0.25, -0.2) is 14.6 Å². The number of hydrogen-bond acceptors (Lipinski definition) is 5. The molecular weight excluding hydrogens is 288 g/mol. The Morgan fingerprint density at radius 2 is 2.09 bits per heavy atom. The lowest BCUT2D eigenvalue weighted by molar-refractivity contribution is 0.0589. The zero-order valence-electron chi connectivity index (χ0n) is 12.1. The molecule has 1 saturated heterocycles. The number of rotatable bonds is 3. The summed E-state index contributed by atoms with van der Waals surface area (Å²) in [6.45, 7) is 1.20. The minimum absolute atomic E-state index is 0.0488. The highest BCUT2D eigenvalue weighted by molar-refractivity contribution is 5.96. The van der Waals surface area contributed by atoms with Crippen LogP contribution < -0.4 is 0 Å². The Kier molecular flexibility index (Phi) is 3.81. The average molecular weight is 304 g/mol. The van der Waals surface area contributed by atoms with Gasteiger partial charge in [0.05, 0.1) is 12.6 Å². The first kappa shape index (κ1) is 14.5. The van der Waals surface area contributed by atoms with E-state index in [2.05, 4.69) is 4.98 Å². The number of pyridine rings is 1. The summed E-state index contributed by atoms with van der Waals surface area (Å²) in [4.78, 5) is 27.7. The summed E-state index contributed by atoms with van der Waals surface area (Å²) < 4.78 is 11.7. The maximum absolute atomic E-state index is 12.0. The lowest BCUT2D eigenvalue weighted by Crippen LogP contribution is -2.18. The molecule has 0 atom stereocenters. The van der Waals surface area contributed by atoms with Crippen molar-refractivity contribution in [2.75, 3.05) is 20.3 Å². The first-order chi connectivity index (χ1) is 10.6. The van der Waals surface area contributed by atoms with Crippen molar-refractivity contribution in [1.29, 1.82) is 0 Å². The van der Waals surface area contributed by atoms with Crippen LogP contribution >= 0.6 is 0 Å². The maximum atomic E-state index is 12.0. The highest BCUT2D eigenvalue weighted by atomic mass is 16.5. The molecule has 116 valence electrons. The highest BCUT2D eigenvalue weighted by Crippen LogP contribution is 2.29. The predicted octanol–water partition coefficient (Wildman–Crippen LogP) is 1.71. The third-order valence-electron chi connectivity index (χ3n) is 3.87. The maximum Gasteiger partial charge on any atom is 0.356 e. The van der Waals surface area contributed by atoms with Gasteiger partial charge in [0.25, 0.3) is 0 Å². The summed E-state index contributed by atoms with van der Waals surface area (Å²) in [5, 5.41) is 9.36. The second kappa shape index (κ2) is 5.76. The first-order valence-corrected chi connectivity index (χ1v) is 7.04. The number of carbonyl (C=O) groups excluding carboxylic acids is 1. The minimum atomic E-state index is -1.11. The van der Waals surface area contributed by atoms with Crippen molar-refractivity contribution in [3.63, 3.8) is 0 Å². The van der Waals surface area contributed by atoms with Crippen molar-refractivity contribution in [3.05, 3.63) is 35.4 Å². The molecule has 1 aliphatic heterocycles. The Morgan fingerprint density at radius 1 is 1.36 bits per heavy atom. The lowest BCUT2D eigenvalue weighted by Gasteiger charge is -2.21. The molecule has 1 N–H and O–H groups in total. The largest absolute Gasteiger partial charge is 0.476 e. The van der Waals surface area contributed by atoms with Crippen LogP contribution in [0.3, 0.4) is 0 Å². The third-order valence-corrected chi connectivity index (χ3v) is 3.87. The van der Waals surface area contributed by atoms with E-state index in [-0.39, 0.29) is 17.3 Å². The number of carboxylic acid groups (broad SMARTS) is 1. The number of carboxylic acids is 1. The van der Waals surface area contributed by atoms with E-state index in [9.17, 15) is 14.7 Å². The van der Waals surface area contributed by atoms with Gasteiger partial charge in [-0.3, -0.25) is 4.40 Å². The quantitative estimate of drug-likeness (QED) is 0.868. The number of carbonyl (C=O) groups is 2. The van der Waals surface area contributed by atoms with Gasteiger partial charge in [0.15, 0.2) is 5.69 Å². The number of fused-ring (bicyclic) bond motifs is 1. The molecule has 0 saturated carbocycles. The summed E-state index contributed by atoms with van der Waals surface area (Å²) >= 11 is 0. The zero-order valence-corrected chi connectivity index (χ0v) is 12.1. The number of hydrogen-bond donors (Lipinski definition) is 1. The summed E-state index contributed by atoms with van der Waals surface area (Å²) in [7, 11) is 1.30. The van der Waals surface area contributed by atoms with Crippen molar-refractivity contribution in [2.24, 2.45) is 0 Å². The topological polar surface area (TPSA) is 90.1 Å². The van der Waals surface area contributed by atoms with Gasteiger partial charge < -0.3 is 14.6 Å². The van der Waals surface area contributed by atoms with Gasteiger partial charge in [-0.2, -0.15) is 0 Å². The standard InChI is InChI=1S/C15H16N2O5/c1-21-15(20)11-4-2-3-10-12(14(18)19)16-13(17(10)11)9-5-7-22-8-6-9/h2-4,9H,5-8H2,1H3,(H,18,19). The Balaban J connectivity index is 2.25. The molecule has 3 rings (SSSR count). The molecular formula is C15H16N2O5. The number of ether oxygens (including phenoxy) is 2. The van der Waals surface area contributed by atoms with E-state index in [4.69, 9.17) is 9.47 Å². The van der Waals surface area contributed by atoms with Gasteiger partial charge in [-0.05, 0) is 25.0 Å². The monoisotopic (exact) mass is 304 g/mol. The Morgan fingerprint density at radius 3 is 2.73 bits per heavy atom. The van der Waals surface area contributed by atoms with Crippen molar-refractivity contribution < 1.29 is 24.2 Å². The molecule has 2 aromatic rings. The van der Waals surface area contributed by atoms with Crippen molar-refractivity contribution in [3.8, 4) is 0 Å². The smallest absolute Gasteiger partial charge is 0.356 e. The first-order valence-electron chi connectivity index (χ1n) is 7.04. The number of aromatic carboxylic acids is 1. The zero-order chi connectivity index (χ0) is 15.7. The fourth-order valence-corrected chi connectivity index (χ4v) is 2.81. The molecule has 3 heterocycles. The fraction of sp³-hybridized carbons (Fsp3) is 0.400. The summed E-state index contributed by atoms with van der Waals surface area (Å²) in [5.41, 5.74) is 0.630. The van der Waals surface area contributed by atoms with Crippen molar-refractivity contribution >= 4 is 17.5 Å². The molecule has 1 fully saturated rings. The molecule has 0 radical (unpaired) electrons. The SMILES string of the molecule is COC(=O)c1cccc2c(C(=O)O)nc(C3CCOCC3)n12. The number of esters is 1. The van der Waals surface area contributed by atoms with Gasteiger partial charge in [0, 0.05) is 19.1 Å². The predicted molar refractivity (Wildman–Crippen MR) is 76.3 cm³/mol. The van der Waals surface area contributed by atoms with E-state index < -0.39 is 11.9 Å². The Bertz CT molecular complexity index is 731. The van der Waals surface area contributed by atoms with Crippen LogP contribution in [-0.2, 0) is 9.47 Å². The van der Waals surface area contributed by atoms with E-state index in [1.165, 1.54) is 7.11 Å². The Labute approximate surface area is 126 Å². The number of nitrogens with zero attached hydrogens (tertiary/aromatic N) is 2. The average Bonchev–Trinajstić information content (AvgIpc) is 2.95. The fourth-order valence-electron chi connectivity index (χ4n) is 2.81. The molecule has 0 amide bonds. The van der Waals surface area contributed by atoms with Crippen molar-refractivity contribution in [1.82, 2.24) is 9.38 Å². The Hall–Kier alpha value is -2.41. The molecule has 7 nitrogen and oxygen atoms in total. The minimum Gasteiger partial charge on any atom is -0.476 e. The number of methoxy groups -OCH3 is 1. The van der Waals surface area contributed by atoms with Crippen LogP contribution in [0.1, 0.15) is 45.6 Å². The van der Waals surface area contributed by atoms with E-state index in [0.29, 0.717) is 24.6 Å². The summed E-state index contributed by atoms with van der Waals surface area (Å²) in [6, 6.07) is 4.88. The van der Waals surface area contributed by atoms with Gasteiger partial charge >= 0.3 is 11.9 Å². The molecule has 22 heavy (non-hydrogen) atoms. The van der Waals surface area contributed by atoms with Crippen LogP contribution in [0.25, 0.3) is 5.52 Å². The lowest BCUT2D eigenvalue weighted by atomic mass is 9.99. The third kappa shape index (κ3) is 2.33. The van der Waals surface area contributed by atoms with Crippen molar-refractivity contribution in [2.45, 2.75) is 18.8 Å². The van der Waals surface area contributed by atoms with Crippen LogP contribution in [0.15, 0.2) is 18.2 Å². The summed E-state index contributed by atoms with van der Waals surface area (Å²) in [5.74, 6) is -0.997. The van der Waals surface area contributed by atoms with E-state index in [0.717, 1.165) is 12.8 Å². The summed E-state index contributed by atoms with van der Waals surface area (Å²) in [6.07, 6.45) is 1.49. The van der Waals surface area contributed by atoms with Gasteiger partial charge in [-0.1, -0.05) is 6.07 Å². The van der Waals surface area contributed by atoms with Gasteiger partial charge in [0.1, 0.15) is 11.5 Å². The normalized spacial score (nSPS) is 15.9. The van der Waals surface area contributed by atoms with Crippen LogP contribution in [-0.4, -0.2) is 46.8 Å². The van der Waals surface area contributed by atoms with Crippen LogP contribution in [0.2, 0.25) is 0 Å². The molecule has 1 aliphatic rings. The van der Waals surface area contributed by atoms with Crippen LogP contribution in [0, 0.1) is 0 Å². The molecule has 2 aromatic heterocycles. The molecule has 0 aliphatic carbocycles. The number of imidazole rings is 1. The van der Waals surface area contributed by atoms with E-state index >= 15 is 0 Å². The highest BCUT2D eigenvalue weighted by Gasteiger charge is 2.27. The van der Waals surface area contributed by atoms with E-state index in [1.807, 2.05) is 0 Å².